The Morgan fingerprint density at radius 3 is 2.82 bits per heavy atom. The van der Waals surface area contributed by atoms with E-state index in [-0.39, 0.29) is 12.5 Å². The molecule has 2 aromatic rings. The number of furan rings is 1. The highest BCUT2D eigenvalue weighted by Gasteiger charge is 2.28. The van der Waals surface area contributed by atoms with E-state index in [1.807, 2.05) is 32.0 Å². The van der Waals surface area contributed by atoms with Gasteiger partial charge in [0.25, 0.3) is 5.91 Å². The Balaban J connectivity index is 1.94. The molecular weight excluding hydrogens is 282 g/mol. The minimum Gasteiger partial charge on any atom is -0.481 e. The summed E-state index contributed by atoms with van der Waals surface area (Å²) in [6.07, 6.45) is 3.34. The smallest absolute Gasteiger partial charge is 0.312 e. The highest BCUT2D eigenvalue weighted by Crippen LogP contribution is 2.27. The Hall–Kier alpha value is -2.56. The van der Waals surface area contributed by atoms with E-state index < -0.39 is 11.9 Å². The number of aryl methyl sites for hydroxylation is 2. The highest BCUT2D eigenvalue weighted by molar-refractivity contribution is 5.99. The predicted octanol–water partition coefficient (Wildman–Crippen LogP) is 2.76. The number of rotatable bonds is 2. The standard InChI is InChI=1S/C17H17NO4/c1-10-5-6-14-13(8-10)11(2)15(22-14)16(19)18-7-3-4-12(9-18)17(20)21/h3-6,8,12H,7,9H2,1-2H3,(H,20,21). The summed E-state index contributed by atoms with van der Waals surface area (Å²) in [6, 6.07) is 5.77. The van der Waals surface area contributed by atoms with Crippen molar-refractivity contribution in [3.8, 4) is 0 Å². The van der Waals surface area contributed by atoms with Crippen LogP contribution in [0.4, 0.5) is 0 Å². The number of carbonyl (C=O) groups is 2. The van der Waals surface area contributed by atoms with Gasteiger partial charge in [0.05, 0.1) is 5.92 Å². The molecule has 1 aliphatic heterocycles. The number of hydrogen-bond donors (Lipinski definition) is 1. The third-order valence-corrected chi connectivity index (χ3v) is 4.00. The molecule has 0 aliphatic carbocycles. The van der Waals surface area contributed by atoms with Crippen LogP contribution in [0.25, 0.3) is 11.0 Å². The topological polar surface area (TPSA) is 70.8 Å². The Morgan fingerprint density at radius 1 is 1.32 bits per heavy atom. The van der Waals surface area contributed by atoms with Crippen molar-refractivity contribution in [3.05, 3.63) is 47.2 Å². The average molecular weight is 299 g/mol. The third kappa shape index (κ3) is 2.39. The molecule has 22 heavy (non-hydrogen) atoms. The number of nitrogens with zero attached hydrogens (tertiary/aromatic N) is 1. The number of carboxylic acids is 1. The number of carboxylic acid groups (broad SMARTS) is 1. The Morgan fingerprint density at radius 2 is 2.09 bits per heavy atom. The molecule has 114 valence electrons. The Kier molecular flexibility index (Phi) is 3.48. The van der Waals surface area contributed by atoms with Gasteiger partial charge in [0, 0.05) is 24.0 Å². The number of hydrogen-bond acceptors (Lipinski definition) is 3. The van der Waals surface area contributed by atoms with Crippen molar-refractivity contribution >= 4 is 22.8 Å². The number of aliphatic carboxylic acids is 1. The van der Waals surface area contributed by atoms with Gasteiger partial charge in [0.1, 0.15) is 5.58 Å². The molecule has 0 spiro atoms. The van der Waals surface area contributed by atoms with Gasteiger partial charge >= 0.3 is 5.97 Å². The number of fused-ring (bicyclic) bond motifs is 1. The van der Waals surface area contributed by atoms with Crippen LogP contribution in [0.2, 0.25) is 0 Å². The lowest BCUT2D eigenvalue weighted by atomic mass is 10.0. The van der Waals surface area contributed by atoms with Crippen LogP contribution in [0.1, 0.15) is 21.7 Å². The molecule has 0 bridgehead atoms. The van der Waals surface area contributed by atoms with Crippen molar-refractivity contribution in [2.45, 2.75) is 13.8 Å². The molecule has 1 atom stereocenters. The van der Waals surface area contributed by atoms with Gasteiger partial charge in [0.15, 0.2) is 5.76 Å². The second-order valence-electron chi connectivity index (χ2n) is 5.64. The van der Waals surface area contributed by atoms with Crippen LogP contribution in [0, 0.1) is 19.8 Å². The zero-order valence-electron chi connectivity index (χ0n) is 12.5. The molecule has 1 N–H and O–H groups in total. The van der Waals surface area contributed by atoms with Crippen molar-refractivity contribution < 1.29 is 19.1 Å². The lowest BCUT2D eigenvalue weighted by molar-refractivity contribution is -0.140. The van der Waals surface area contributed by atoms with Gasteiger partial charge in [-0.25, -0.2) is 0 Å². The van der Waals surface area contributed by atoms with Gasteiger partial charge in [0.2, 0.25) is 0 Å². The van der Waals surface area contributed by atoms with E-state index in [9.17, 15) is 9.59 Å². The van der Waals surface area contributed by atoms with E-state index >= 15 is 0 Å². The molecule has 1 aromatic heterocycles. The van der Waals surface area contributed by atoms with Crippen molar-refractivity contribution in [3.63, 3.8) is 0 Å². The summed E-state index contributed by atoms with van der Waals surface area (Å²) in [7, 11) is 0. The van der Waals surface area contributed by atoms with Crippen LogP contribution in [-0.2, 0) is 4.79 Å². The molecule has 2 heterocycles. The highest BCUT2D eigenvalue weighted by atomic mass is 16.4. The normalized spacial score (nSPS) is 17.9. The SMILES string of the molecule is Cc1ccc2oc(C(=O)N3CC=CC(C(=O)O)C3)c(C)c2c1. The zero-order chi connectivity index (χ0) is 15.9. The van der Waals surface area contributed by atoms with E-state index in [0.717, 1.165) is 16.5 Å². The van der Waals surface area contributed by atoms with Crippen molar-refractivity contribution in [1.82, 2.24) is 4.90 Å². The second-order valence-corrected chi connectivity index (χ2v) is 5.64. The minimum atomic E-state index is -0.925. The van der Waals surface area contributed by atoms with Crippen LogP contribution < -0.4 is 0 Å². The molecular formula is C17H17NO4. The quantitative estimate of drug-likeness (QED) is 0.866. The van der Waals surface area contributed by atoms with Gasteiger partial charge in [-0.2, -0.15) is 0 Å². The summed E-state index contributed by atoms with van der Waals surface area (Å²) in [5, 5.41) is 10.0. The maximum absolute atomic E-state index is 12.6. The van der Waals surface area contributed by atoms with Gasteiger partial charge < -0.3 is 14.4 Å². The molecule has 0 radical (unpaired) electrons. The largest absolute Gasteiger partial charge is 0.481 e. The van der Waals surface area contributed by atoms with Crippen molar-refractivity contribution in [1.29, 1.82) is 0 Å². The first-order chi connectivity index (χ1) is 10.5. The molecule has 0 saturated heterocycles. The maximum atomic E-state index is 12.6. The predicted molar refractivity (Wildman–Crippen MR) is 81.9 cm³/mol. The van der Waals surface area contributed by atoms with Crippen LogP contribution >= 0.6 is 0 Å². The van der Waals surface area contributed by atoms with Crippen LogP contribution in [0.15, 0.2) is 34.8 Å². The van der Waals surface area contributed by atoms with Crippen molar-refractivity contribution in [2.75, 3.05) is 13.1 Å². The minimum absolute atomic E-state index is 0.167. The summed E-state index contributed by atoms with van der Waals surface area (Å²) in [5.74, 6) is -1.56. The number of amides is 1. The molecule has 5 heteroatoms. The Bertz CT molecular complexity index is 787. The summed E-state index contributed by atoms with van der Waals surface area (Å²) >= 11 is 0. The molecule has 0 saturated carbocycles. The fourth-order valence-corrected chi connectivity index (χ4v) is 2.73. The van der Waals surface area contributed by atoms with Crippen LogP contribution in [0.3, 0.4) is 0 Å². The van der Waals surface area contributed by atoms with E-state index in [0.29, 0.717) is 17.9 Å². The summed E-state index contributed by atoms with van der Waals surface area (Å²) in [4.78, 5) is 25.3. The van der Waals surface area contributed by atoms with Gasteiger partial charge in [-0.3, -0.25) is 9.59 Å². The van der Waals surface area contributed by atoms with Gasteiger partial charge in [-0.05, 0) is 26.0 Å². The average Bonchev–Trinajstić information content (AvgIpc) is 2.83. The molecule has 1 amide bonds. The zero-order valence-corrected chi connectivity index (χ0v) is 12.5. The van der Waals surface area contributed by atoms with Crippen molar-refractivity contribution in [2.24, 2.45) is 5.92 Å². The van der Waals surface area contributed by atoms with Gasteiger partial charge in [-0.1, -0.05) is 23.8 Å². The number of carbonyl (C=O) groups excluding carboxylic acids is 1. The summed E-state index contributed by atoms with van der Waals surface area (Å²) in [5.41, 5.74) is 2.57. The van der Waals surface area contributed by atoms with Gasteiger partial charge in [-0.15, -0.1) is 0 Å². The first kappa shape index (κ1) is 14.4. The lowest BCUT2D eigenvalue weighted by Gasteiger charge is -2.26. The maximum Gasteiger partial charge on any atom is 0.312 e. The van der Waals surface area contributed by atoms with E-state index in [1.54, 1.807) is 12.2 Å². The third-order valence-electron chi connectivity index (χ3n) is 4.00. The fraction of sp³-hybridized carbons (Fsp3) is 0.294. The van der Waals surface area contributed by atoms with E-state index in [1.165, 1.54) is 4.90 Å². The molecule has 1 aliphatic rings. The summed E-state index contributed by atoms with van der Waals surface area (Å²) < 4.78 is 5.70. The van der Waals surface area contributed by atoms with Crippen LogP contribution in [0.5, 0.6) is 0 Å². The molecule has 0 fully saturated rings. The fourth-order valence-electron chi connectivity index (χ4n) is 2.73. The molecule has 1 unspecified atom stereocenters. The first-order valence-electron chi connectivity index (χ1n) is 7.16. The van der Waals surface area contributed by atoms with Crippen LogP contribution in [-0.4, -0.2) is 35.0 Å². The Labute approximate surface area is 127 Å². The lowest BCUT2D eigenvalue weighted by Crippen LogP contribution is -2.40. The van der Waals surface area contributed by atoms with E-state index in [4.69, 9.17) is 9.52 Å². The number of benzene rings is 1. The summed E-state index contributed by atoms with van der Waals surface area (Å²) in [6.45, 7) is 4.41. The second kappa shape index (κ2) is 5.33. The molecule has 5 nitrogen and oxygen atoms in total. The monoisotopic (exact) mass is 299 g/mol. The molecule has 3 rings (SSSR count). The van der Waals surface area contributed by atoms with E-state index in [2.05, 4.69) is 0 Å². The first-order valence-corrected chi connectivity index (χ1v) is 7.16. The molecule has 1 aromatic carbocycles.